The molecule has 0 aliphatic carbocycles. The number of amides is 3. The van der Waals surface area contributed by atoms with Crippen molar-refractivity contribution in [2.24, 2.45) is 11.8 Å². The van der Waals surface area contributed by atoms with E-state index in [0.29, 0.717) is 0 Å². The maximum Gasteiger partial charge on any atom is 0.325 e. The lowest BCUT2D eigenvalue weighted by molar-refractivity contribution is -0.142. The molecule has 0 radical (unpaired) electrons. The lowest BCUT2D eigenvalue weighted by Crippen LogP contribution is -2.43. The van der Waals surface area contributed by atoms with Gasteiger partial charge in [-0.15, -0.1) is 0 Å². The van der Waals surface area contributed by atoms with Gasteiger partial charge in [0.25, 0.3) is 11.8 Å². The second-order valence-corrected chi connectivity index (χ2v) is 7.30. The van der Waals surface area contributed by atoms with E-state index in [1.165, 1.54) is 19.1 Å². The summed E-state index contributed by atoms with van der Waals surface area (Å²) in [5.74, 6) is -3.17. The number of rotatable bonds is 15. The summed E-state index contributed by atoms with van der Waals surface area (Å²) in [6, 6.07) is -1.02. The number of imide groups is 1. The van der Waals surface area contributed by atoms with E-state index in [1.54, 1.807) is 13.8 Å². The molecule has 168 valence electrons. The summed E-state index contributed by atoms with van der Waals surface area (Å²) in [4.78, 5) is 59.0. The third-order valence-corrected chi connectivity index (χ3v) is 4.58. The summed E-state index contributed by atoms with van der Waals surface area (Å²) in [6.45, 7) is 6.01. The third kappa shape index (κ3) is 8.83. The standard InChI is InChI=1S/C20H30N2O8/c1-13(2)16(19(26)21-14(3)20(27)28)12-15(23)6-8-29-10-11-30-9-7-22-17(24)4-5-18(22)25/h4-5,13-14,16H,6-12H2,1-3H3,(H,21,26)(H,27,28)/t14-,16-/m0/s1. The Morgan fingerprint density at radius 1 is 1.00 bits per heavy atom. The summed E-state index contributed by atoms with van der Waals surface area (Å²) in [7, 11) is 0. The topological polar surface area (TPSA) is 139 Å². The van der Waals surface area contributed by atoms with Crippen molar-refractivity contribution in [1.82, 2.24) is 10.2 Å². The molecule has 0 spiro atoms. The normalized spacial score (nSPS) is 15.5. The lowest BCUT2D eigenvalue weighted by atomic mass is 9.89. The largest absolute Gasteiger partial charge is 0.480 e. The van der Waals surface area contributed by atoms with Crippen LogP contribution in [0.2, 0.25) is 0 Å². The molecule has 1 heterocycles. The number of carboxylic acids is 1. The smallest absolute Gasteiger partial charge is 0.325 e. The van der Waals surface area contributed by atoms with Crippen LogP contribution in [0.15, 0.2) is 12.2 Å². The van der Waals surface area contributed by atoms with E-state index in [9.17, 15) is 24.0 Å². The molecule has 1 aliphatic rings. The second-order valence-electron chi connectivity index (χ2n) is 7.30. The van der Waals surface area contributed by atoms with Gasteiger partial charge in [0.05, 0.1) is 33.0 Å². The quantitative estimate of drug-likeness (QED) is 0.279. The number of ketones is 1. The first-order chi connectivity index (χ1) is 14.1. The number of ether oxygens (including phenoxy) is 2. The highest BCUT2D eigenvalue weighted by Crippen LogP contribution is 2.17. The van der Waals surface area contributed by atoms with E-state index < -0.39 is 23.8 Å². The van der Waals surface area contributed by atoms with Crippen LogP contribution in [0.5, 0.6) is 0 Å². The summed E-state index contributed by atoms with van der Waals surface area (Å²) < 4.78 is 10.6. The molecule has 0 fully saturated rings. The zero-order valence-corrected chi connectivity index (χ0v) is 17.6. The molecule has 30 heavy (non-hydrogen) atoms. The van der Waals surface area contributed by atoms with E-state index in [4.69, 9.17) is 14.6 Å². The third-order valence-electron chi connectivity index (χ3n) is 4.58. The van der Waals surface area contributed by atoms with Crippen molar-refractivity contribution in [3.05, 3.63) is 12.2 Å². The van der Waals surface area contributed by atoms with Crippen LogP contribution in [0.25, 0.3) is 0 Å². The predicted molar refractivity (Wildman–Crippen MR) is 105 cm³/mol. The molecular formula is C20H30N2O8. The molecule has 0 saturated heterocycles. The minimum absolute atomic E-state index is 0.0155. The summed E-state index contributed by atoms with van der Waals surface area (Å²) in [5, 5.41) is 11.3. The van der Waals surface area contributed by atoms with Crippen LogP contribution in [-0.4, -0.2) is 78.5 Å². The zero-order valence-electron chi connectivity index (χ0n) is 17.6. The average molecular weight is 426 g/mol. The van der Waals surface area contributed by atoms with Crippen LogP contribution in [0.4, 0.5) is 0 Å². The molecule has 3 amide bonds. The minimum atomic E-state index is -1.14. The number of carboxylic acid groups (broad SMARTS) is 1. The molecule has 2 atom stereocenters. The van der Waals surface area contributed by atoms with Crippen molar-refractivity contribution < 1.29 is 38.6 Å². The molecule has 0 aromatic carbocycles. The van der Waals surface area contributed by atoms with Crippen LogP contribution in [0, 0.1) is 11.8 Å². The minimum Gasteiger partial charge on any atom is -0.480 e. The highest BCUT2D eigenvalue weighted by Gasteiger charge is 2.27. The first kappa shape index (κ1) is 25.4. The fourth-order valence-electron chi connectivity index (χ4n) is 2.68. The van der Waals surface area contributed by atoms with Gasteiger partial charge in [-0.2, -0.15) is 0 Å². The number of nitrogens with zero attached hydrogens (tertiary/aromatic N) is 1. The molecule has 0 unspecified atom stereocenters. The zero-order chi connectivity index (χ0) is 22.7. The van der Waals surface area contributed by atoms with E-state index >= 15 is 0 Å². The van der Waals surface area contributed by atoms with Crippen LogP contribution in [0.3, 0.4) is 0 Å². The molecule has 0 aromatic heterocycles. The first-order valence-electron chi connectivity index (χ1n) is 9.87. The number of carbonyl (C=O) groups is 5. The second kappa shape index (κ2) is 12.9. The van der Waals surface area contributed by atoms with Gasteiger partial charge in [-0.1, -0.05) is 13.8 Å². The van der Waals surface area contributed by atoms with Crippen molar-refractivity contribution in [3.8, 4) is 0 Å². The lowest BCUT2D eigenvalue weighted by Gasteiger charge is -2.21. The highest BCUT2D eigenvalue weighted by atomic mass is 16.5. The predicted octanol–water partition coefficient (Wildman–Crippen LogP) is 0.155. The van der Waals surface area contributed by atoms with Crippen LogP contribution in [-0.2, 0) is 33.4 Å². The SMILES string of the molecule is CC(C)[C@H](CC(=O)CCOCCOCCN1C(=O)C=CC1=O)C(=O)N[C@@H](C)C(=O)O. The maximum absolute atomic E-state index is 12.2. The molecule has 0 aromatic rings. The Labute approximate surface area is 175 Å². The number of nitrogens with one attached hydrogen (secondary N) is 1. The fourth-order valence-corrected chi connectivity index (χ4v) is 2.68. The summed E-state index contributed by atoms with van der Waals surface area (Å²) >= 11 is 0. The Kier molecular flexibility index (Phi) is 10.9. The van der Waals surface area contributed by atoms with Gasteiger partial charge in [0.15, 0.2) is 0 Å². The van der Waals surface area contributed by atoms with Gasteiger partial charge < -0.3 is 19.9 Å². The number of carbonyl (C=O) groups excluding carboxylic acids is 4. The van der Waals surface area contributed by atoms with E-state index in [1.807, 2.05) is 0 Å². The van der Waals surface area contributed by atoms with Crippen molar-refractivity contribution >= 4 is 29.5 Å². The van der Waals surface area contributed by atoms with Gasteiger partial charge in [-0.3, -0.25) is 28.9 Å². The molecule has 2 N–H and O–H groups in total. The van der Waals surface area contributed by atoms with Gasteiger partial charge in [0.1, 0.15) is 11.8 Å². The monoisotopic (exact) mass is 426 g/mol. The number of hydrogen-bond donors (Lipinski definition) is 2. The summed E-state index contributed by atoms with van der Waals surface area (Å²) in [6.07, 6.45) is 2.57. The number of hydrogen-bond acceptors (Lipinski definition) is 7. The molecular weight excluding hydrogens is 396 g/mol. The first-order valence-corrected chi connectivity index (χ1v) is 9.87. The Hall–Kier alpha value is -2.59. The highest BCUT2D eigenvalue weighted by molar-refractivity contribution is 6.12. The van der Waals surface area contributed by atoms with Crippen molar-refractivity contribution in [2.75, 3.05) is 33.0 Å². The van der Waals surface area contributed by atoms with Gasteiger partial charge in [0.2, 0.25) is 5.91 Å². The van der Waals surface area contributed by atoms with Gasteiger partial charge in [0, 0.05) is 30.9 Å². The van der Waals surface area contributed by atoms with Gasteiger partial charge in [-0.05, 0) is 12.8 Å². The van der Waals surface area contributed by atoms with Crippen molar-refractivity contribution in [3.63, 3.8) is 0 Å². The molecule has 0 saturated carbocycles. The maximum atomic E-state index is 12.2. The van der Waals surface area contributed by atoms with E-state index in [-0.39, 0.29) is 69.3 Å². The summed E-state index contributed by atoms with van der Waals surface area (Å²) in [5.41, 5.74) is 0. The van der Waals surface area contributed by atoms with Gasteiger partial charge >= 0.3 is 5.97 Å². The number of aliphatic carboxylic acids is 1. The molecule has 10 heteroatoms. The molecule has 1 aliphatic heterocycles. The van der Waals surface area contributed by atoms with Crippen LogP contribution in [0.1, 0.15) is 33.6 Å². The molecule has 10 nitrogen and oxygen atoms in total. The Bertz CT molecular complexity index is 656. The van der Waals surface area contributed by atoms with Gasteiger partial charge in [-0.25, -0.2) is 0 Å². The number of Topliss-reactive ketones (excluding diaryl/α,β-unsaturated/α-hetero) is 1. The Balaban J connectivity index is 2.17. The van der Waals surface area contributed by atoms with Crippen LogP contribution >= 0.6 is 0 Å². The molecule has 1 rings (SSSR count). The van der Waals surface area contributed by atoms with Crippen molar-refractivity contribution in [2.45, 2.75) is 39.7 Å². The Morgan fingerprint density at radius 3 is 2.10 bits per heavy atom. The van der Waals surface area contributed by atoms with E-state index in [2.05, 4.69) is 5.32 Å². The Morgan fingerprint density at radius 2 is 1.57 bits per heavy atom. The average Bonchev–Trinajstić information content (AvgIpc) is 2.99. The molecule has 0 bridgehead atoms. The van der Waals surface area contributed by atoms with E-state index in [0.717, 1.165) is 4.90 Å². The van der Waals surface area contributed by atoms with Crippen LogP contribution < -0.4 is 5.32 Å². The fraction of sp³-hybridized carbons (Fsp3) is 0.650. The van der Waals surface area contributed by atoms with Crippen molar-refractivity contribution in [1.29, 1.82) is 0 Å².